The molecule has 1 aliphatic carbocycles. The smallest absolute Gasteiger partial charge is 0.0405 e. The van der Waals surface area contributed by atoms with Gasteiger partial charge in [-0.1, -0.05) is 44.2 Å². The number of hydrogen-bond donors (Lipinski definition) is 1. The summed E-state index contributed by atoms with van der Waals surface area (Å²) in [6.07, 6.45) is 11.6. The van der Waals surface area contributed by atoms with Gasteiger partial charge in [-0.15, -0.1) is 11.8 Å². The van der Waals surface area contributed by atoms with Crippen molar-refractivity contribution in [2.75, 3.05) is 12.3 Å². The van der Waals surface area contributed by atoms with Crippen LogP contribution < -0.4 is 5.32 Å². The highest BCUT2D eigenvalue weighted by Crippen LogP contribution is 2.32. The van der Waals surface area contributed by atoms with E-state index in [9.17, 15) is 0 Å². The molecule has 0 atom stereocenters. The van der Waals surface area contributed by atoms with Crippen LogP contribution in [0, 0.1) is 5.92 Å². The van der Waals surface area contributed by atoms with Crippen LogP contribution in [-0.4, -0.2) is 12.3 Å². The summed E-state index contributed by atoms with van der Waals surface area (Å²) in [4.78, 5) is 1.28. The van der Waals surface area contributed by atoms with Gasteiger partial charge in [0.25, 0.3) is 0 Å². The normalized spacial score (nSPS) is 22.7. The fourth-order valence-electron chi connectivity index (χ4n) is 2.50. The molecule has 0 saturated carbocycles. The molecule has 0 spiro atoms. The maximum absolute atomic E-state index is 4.13. The van der Waals surface area contributed by atoms with E-state index in [0.717, 1.165) is 18.0 Å². The summed E-state index contributed by atoms with van der Waals surface area (Å²) in [6.45, 7) is 11.9. The lowest BCUT2D eigenvalue weighted by molar-refractivity contribution is 0.824. The van der Waals surface area contributed by atoms with Crippen LogP contribution in [0.3, 0.4) is 0 Å². The molecule has 1 fully saturated rings. The highest BCUT2D eigenvalue weighted by Gasteiger charge is 2.13. The molecule has 2 heteroatoms. The Labute approximate surface area is 127 Å². The van der Waals surface area contributed by atoms with E-state index in [4.69, 9.17) is 0 Å². The second kappa shape index (κ2) is 7.03. The molecule has 108 valence electrons. The Morgan fingerprint density at radius 3 is 2.90 bits per heavy atom. The molecule has 0 aromatic heterocycles. The number of thioether (sulfide) groups is 1. The molecule has 1 aliphatic heterocycles. The number of rotatable bonds is 3. The second-order valence-electron chi connectivity index (χ2n) is 5.76. The molecule has 1 heterocycles. The van der Waals surface area contributed by atoms with Gasteiger partial charge in [-0.2, -0.15) is 0 Å². The SMILES string of the molecule is C=C1NCCS/C1=C\C(=C\C(C)C)C1=C(C)CCC=C1. The van der Waals surface area contributed by atoms with E-state index >= 15 is 0 Å². The van der Waals surface area contributed by atoms with E-state index in [2.05, 4.69) is 57.0 Å². The van der Waals surface area contributed by atoms with Crippen molar-refractivity contribution >= 4 is 11.8 Å². The van der Waals surface area contributed by atoms with E-state index in [1.165, 1.54) is 34.5 Å². The van der Waals surface area contributed by atoms with E-state index < -0.39 is 0 Å². The minimum Gasteiger partial charge on any atom is -0.384 e. The average molecular weight is 287 g/mol. The van der Waals surface area contributed by atoms with E-state index in [1.807, 2.05) is 11.8 Å². The highest BCUT2D eigenvalue weighted by atomic mass is 32.2. The van der Waals surface area contributed by atoms with Crippen LogP contribution in [0.1, 0.15) is 33.6 Å². The zero-order chi connectivity index (χ0) is 14.5. The van der Waals surface area contributed by atoms with Gasteiger partial charge < -0.3 is 5.32 Å². The summed E-state index contributed by atoms with van der Waals surface area (Å²) >= 11 is 1.90. The summed E-state index contributed by atoms with van der Waals surface area (Å²) in [6, 6.07) is 0. The summed E-state index contributed by atoms with van der Waals surface area (Å²) in [7, 11) is 0. The Kier molecular flexibility index (Phi) is 5.36. The van der Waals surface area contributed by atoms with Crippen molar-refractivity contribution in [3.05, 3.63) is 58.2 Å². The molecule has 0 amide bonds. The van der Waals surface area contributed by atoms with Crippen molar-refractivity contribution in [3.8, 4) is 0 Å². The van der Waals surface area contributed by atoms with Gasteiger partial charge in [0.1, 0.15) is 0 Å². The highest BCUT2D eigenvalue weighted by molar-refractivity contribution is 8.03. The number of allylic oxidation sites excluding steroid dienone is 7. The van der Waals surface area contributed by atoms with Crippen molar-refractivity contribution in [1.82, 2.24) is 5.32 Å². The van der Waals surface area contributed by atoms with E-state index in [0.29, 0.717) is 5.92 Å². The number of nitrogens with one attached hydrogen (secondary N) is 1. The van der Waals surface area contributed by atoms with Crippen molar-refractivity contribution in [1.29, 1.82) is 0 Å². The molecular weight excluding hydrogens is 262 g/mol. The first-order valence-corrected chi connectivity index (χ1v) is 8.42. The summed E-state index contributed by atoms with van der Waals surface area (Å²) in [5, 5.41) is 3.36. The Hall–Kier alpha value is -1.15. The Morgan fingerprint density at radius 2 is 2.25 bits per heavy atom. The predicted octanol–water partition coefficient (Wildman–Crippen LogP) is 4.97. The van der Waals surface area contributed by atoms with Crippen LogP contribution in [0.4, 0.5) is 0 Å². The predicted molar refractivity (Wildman–Crippen MR) is 91.7 cm³/mol. The summed E-state index contributed by atoms with van der Waals surface area (Å²) in [5.74, 6) is 1.67. The molecule has 0 aromatic carbocycles. The maximum Gasteiger partial charge on any atom is 0.0405 e. The fourth-order valence-corrected chi connectivity index (χ4v) is 3.38. The van der Waals surface area contributed by atoms with Crippen LogP contribution in [0.2, 0.25) is 0 Å². The van der Waals surface area contributed by atoms with Crippen molar-refractivity contribution in [2.45, 2.75) is 33.6 Å². The summed E-state index contributed by atoms with van der Waals surface area (Å²) < 4.78 is 0. The minimum absolute atomic E-state index is 0.548. The molecule has 2 aliphatic rings. The van der Waals surface area contributed by atoms with E-state index in [1.54, 1.807) is 0 Å². The van der Waals surface area contributed by atoms with Gasteiger partial charge in [0, 0.05) is 22.9 Å². The lowest BCUT2D eigenvalue weighted by Gasteiger charge is -2.21. The molecular formula is C18H25NS. The molecule has 0 aromatic rings. The molecule has 1 saturated heterocycles. The van der Waals surface area contributed by atoms with Gasteiger partial charge in [0.15, 0.2) is 0 Å². The molecule has 1 nitrogen and oxygen atoms in total. The van der Waals surface area contributed by atoms with Crippen LogP contribution >= 0.6 is 11.8 Å². The molecule has 0 radical (unpaired) electrons. The van der Waals surface area contributed by atoms with Gasteiger partial charge in [-0.05, 0) is 42.9 Å². The van der Waals surface area contributed by atoms with Gasteiger partial charge in [0.05, 0.1) is 0 Å². The van der Waals surface area contributed by atoms with Crippen LogP contribution in [-0.2, 0) is 0 Å². The standard InChI is InChI=1S/C18H25NS/c1-13(2)11-16(17-8-6-5-7-14(17)3)12-18-15(4)19-9-10-20-18/h6,8,11-13,19H,4-5,7,9-10H2,1-3H3/b16-11-,18-12-. The topological polar surface area (TPSA) is 12.0 Å². The van der Waals surface area contributed by atoms with Crippen LogP contribution in [0.15, 0.2) is 58.2 Å². The third-order valence-electron chi connectivity index (χ3n) is 3.54. The van der Waals surface area contributed by atoms with Gasteiger partial charge in [-0.25, -0.2) is 0 Å². The molecule has 2 rings (SSSR count). The zero-order valence-corrected chi connectivity index (χ0v) is 13.6. The van der Waals surface area contributed by atoms with Crippen LogP contribution in [0.5, 0.6) is 0 Å². The third-order valence-corrected chi connectivity index (χ3v) is 4.62. The molecule has 1 N–H and O–H groups in total. The fraction of sp³-hybridized carbons (Fsp3) is 0.444. The summed E-state index contributed by atoms with van der Waals surface area (Å²) in [5.41, 5.74) is 5.31. The molecule has 20 heavy (non-hydrogen) atoms. The quantitative estimate of drug-likeness (QED) is 0.786. The van der Waals surface area contributed by atoms with Crippen molar-refractivity contribution in [3.63, 3.8) is 0 Å². The molecule has 0 bridgehead atoms. The van der Waals surface area contributed by atoms with E-state index in [-0.39, 0.29) is 0 Å². The first kappa shape index (κ1) is 15.2. The Bertz CT molecular complexity index is 504. The lowest BCUT2D eigenvalue weighted by atomic mass is 9.91. The number of hydrogen-bond acceptors (Lipinski definition) is 2. The van der Waals surface area contributed by atoms with Crippen molar-refractivity contribution in [2.24, 2.45) is 5.92 Å². The monoisotopic (exact) mass is 287 g/mol. The lowest BCUT2D eigenvalue weighted by Crippen LogP contribution is -2.21. The largest absolute Gasteiger partial charge is 0.384 e. The first-order chi connectivity index (χ1) is 9.58. The van der Waals surface area contributed by atoms with Gasteiger partial charge in [0.2, 0.25) is 0 Å². The minimum atomic E-state index is 0.548. The zero-order valence-electron chi connectivity index (χ0n) is 12.8. The Morgan fingerprint density at radius 1 is 1.45 bits per heavy atom. The Balaban J connectivity index is 2.36. The van der Waals surface area contributed by atoms with Gasteiger partial charge in [-0.3, -0.25) is 0 Å². The van der Waals surface area contributed by atoms with Crippen molar-refractivity contribution < 1.29 is 0 Å². The van der Waals surface area contributed by atoms with Gasteiger partial charge >= 0.3 is 0 Å². The van der Waals surface area contributed by atoms with Crippen LogP contribution in [0.25, 0.3) is 0 Å². The average Bonchev–Trinajstić information content (AvgIpc) is 2.40. The first-order valence-electron chi connectivity index (χ1n) is 7.44. The second-order valence-corrected chi connectivity index (χ2v) is 6.90. The molecule has 0 unspecified atom stereocenters. The third kappa shape index (κ3) is 3.92. The maximum atomic E-state index is 4.13.